The summed E-state index contributed by atoms with van der Waals surface area (Å²) in [6.45, 7) is 14.6. The molecule has 1 atom stereocenters. The summed E-state index contributed by atoms with van der Waals surface area (Å²) in [7, 11) is 0. The van der Waals surface area contributed by atoms with E-state index in [4.69, 9.17) is 0 Å². The lowest BCUT2D eigenvalue weighted by atomic mass is 10.1. The Hall–Kier alpha value is -2.67. The van der Waals surface area contributed by atoms with Gasteiger partial charge in [-0.25, -0.2) is 4.79 Å². The van der Waals surface area contributed by atoms with Crippen molar-refractivity contribution in [1.82, 2.24) is 16.0 Å². The van der Waals surface area contributed by atoms with E-state index in [2.05, 4.69) is 60.2 Å². The number of allylic oxidation sites excluding steroid dienone is 4. The highest BCUT2D eigenvalue weighted by Crippen LogP contribution is 2.31. The standard InChI is InChI=1S/C25H36N4O2S/c1-15(2)9-8-10-16(3)11-12-26-24(31)29-25-27-20(7)22(32-25)23(30)28-21-18(5)13-17(4)14-19(21)6/h9,11,13-14,25,27H,8,10,12H2,1-7H3,(H,28,30)(H2,26,29,31)/b16-11+. The molecule has 2 rings (SSSR count). The zero-order valence-electron chi connectivity index (χ0n) is 20.2. The normalized spacial score (nSPS) is 15.8. The van der Waals surface area contributed by atoms with Gasteiger partial charge >= 0.3 is 6.03 Å². The summed E-state index contributed by atoms with van der Waals surface area (Å²) in [5, 5.41) is 11.9. The number of carbonyl (C=O) groups is 2. The predicted molar refractivity (Wildman–Crippen MR) is 135 cm³/mol. The molecule has 1 aromatic carbocycles. The number of nitrogens with one attached hydrogen (secondary N) is 4. The molecular formula is C25H36N4O2S. The van der Waals surface area contributed by atoms with Gasteiger partial charge in [-0.1, -0.05) is 52.8 Å². The van der Waals surface area contributed by atoms with Crippen LogP contribution >= 0.6 is 11.8 Å². The molecule has 0 bridgehead atoms. The number of amides is 3. The summed E-state index contributed by atoms with van der Waals surface area (Å²) in [5.41, 5.74) is 6.98. The molecule has 174 valence electrons. The summed E-state index contributed by atoms with van der Waals surface area (Å²) in [4.78, 5) is 25.7. The first kappa shape index (κ1) is 25.6. The topological polar surface area (TPSA) is 82.3 Å². The Bertz CT molecular complexity index is 936. The third-order valence-electron chi connectivity index (χ3n) is 5.11. The average molecular weight is 457 g/mol. The van der Waals surface area contributed by atoms with Gasteiger partial charge in [0.1, 0.15) is 0 Å². The molecule has 6 nitrogen and oxygen atoms in total. The van der Waals surface area contributed by atoms with Crippen LogP contribution in [0.15, 0.2) is 46.0 Å². The van der Waals surface area contributed by atoms with Crippen LogP contribution in [0.25, 0.3) is 0 Å². The number of hydrogen-bond donors (Lipinski definition) is 4. The second kappa shape index (κ2) is 11.8. The fourth-order valence-electron chi connectivity index (χ4n) is 3.51. The first-order valence-electron chi connectivity index (χ1n) is 10.9. The Labute approximate surface area is 196 Å². The number of anilines is 1. The molecular weight excluding hydrogens is 420 g/mol. The monoisotopic (exact) mass is 456 g/mol. The van der Waals surface area contributed by atoms with Crippen LogP contribution in [0.4, 0.5) is 10.5 Å². The molecule has 0 aliphatic carbocycles. The molecule has 1 aliphatic rings. The lowest BCUT2D eigenvalue weighted by Gasteiger charge is -2.15. The van der Waals surface area contributed by atoms with Crippen molar-refractivity contribution < 1.29 is 9.59 Å². The van der Waals surface area contributed by atoms with Gasteiger partial charge < -0.3 is 21.3 Å². The van der Waals surface area contributed by atoms with Crippen molar-refractivity contribution in [2.24, 2.45) is 0 Å². The third kappa shape index (κ3) is 7.79. The maximum absolute atomic E-state index is 12.9. The van der Waals surface area contributed by atoms with E-state index in [9.17, 15) is 9.59 Å². The summed E-state index contributed by atoms with van der Waals surface area (Å²) in [5.74, 6) is -0.172. The van der Waals surface area contributed by atoms with Gasteiger partial charge in [-0.3, -0.25) is 4.79 Å². The van der Waals surface area contributed by atoms with E-state index >= 15 is 0 Å². The third-order valence-corrected chi connectivity index (χ3v) is 6.31. The van der Waals surface area contributed by atoms with Gasteiger partial charge in [-0.05, 0) is 72.4 Å². The zero-order valence-corrected chi connectivity index (χ0v) is 21.0. The maximum Gasteiger partial charge on any atom is 0.317 e. The van der Waals surface area contributed by atoms with Crippen LogP contribution in [0.5, 0.6) is 0 Å². The molecule has 1 aromatic rings. The van der Waals surface area contributed by atoms with Gasteiger partial charge in [0.05, 0.1) is 4.91 Å². The molecule has 7 heteroatoms. The molecule has 32 heavy (non-hydrogen) atoms. The van der Waals surface area contributed by atoms with Crippen LogP contribution in [0.1, 0.15) is 57.2 Å². The zero-order chi connectivity index (χ0) is 23.8. The Kier molecular flexibility index (Phi) is 9.44. The van der Waals surface area contributed by atoms with Crippen molar-refractivity contribution in [1.29, 1.82) is 0 Å². The quantitative estimate of drug-likeness (QED) is 0.395. The van der Waals surface area contributed by atoms with Crippen molar-refractivity contribution >= 4 is 29.4 Å². The van der Waals surface area contributed by atoms with Gasteiger partial charge in [0, 0.05) is 17.9 Å². The summed E-state index contributed by atoms with van der Waals surface area (Å²) < 4.78 is 0. The van der Waals surface area contributed by atoms with Gasteiger partial charge in [-0.15, -0.1) is 0 Å². The molecule has 0 saturated carbocycles. The Morgan fingerprint density at radius 2 is 1.72 bits per heavy atom. The minimum Gasteiger partial charge on any atom is -0.359 e. The van der Waals surface area contributed by atoms with E-state index in [0.29, 0.717) is 11.4 Å². The summed E-state index contributed by atoms with van der Waals surface area (Å²) in [6.07, 6.45) is 6.24. The first-order chi connectivity index (χ1) is 15.1. The minimum atomic E-state index is -0.390. The molecule has 1 aliphatic heterocycles. The van der Waals surface area contributed by atoms with Gasteiger partial charge in [-0.2, -0.15) is 0 Å². The SMILES string of the molecule is CC(C)=CCC/C(C)=C/CNC(=O)NC1NC(C)=C(C(=O)Nc2c(C)cc(C)cc2C)S1. The van der Waals surface area contributed by atoms with Crippen molar-refractivity contribution in [3.05, 3.63) is 62.7 Å². The van der Waals surface area contributed by atoms with Gasteiger partial charge in [0.2, 0.25) is 0 Å². The number of hydrogen-bond acceptors (Lipinski definition) is 4. The predicted octanol–water partition coefficient (Wildman–Crippen LogP) is 5.39. The van der Waals surface area contributed by atoms with E-state index in [-0.39, 0.29) is 11.9 Å². The van der Waals surface area contributed by atoms with E-state index in [1.54, 1.807) is 0 Å². The van der Waals surface area contributed by atoms with Gasteiger partial charge in [0.15, 0.2) is 5.50 Å². The molecule has 3 amide bonds. The smallest absolute Gasteiger partial charge is 0.317 e. The summed E-state index contributed by atoms with van der Waals surface area (Å²) in [6, 6.07) is 3.83. The average Bonchev–Trinajstić information content (AvgIpc) is 3.04. The van der Waals surface area contributed by atoms with Gasteiger partial charge in [0.25, 0.3) is 5.91 Å². The summed E-state index contributed by atoms with van der Waals surface area (Å²) >= 11 is 1.31. The Morgan fingerprint density at radius 1 is 1.06 bits per heavy atom. The number of aryl methyl sites for hydroxylation is 3. The molecule has 1 unspecified atom stereocenters. The molecule has 1 heterocycles. The minimum absolute atomic E-state index is 0.172. The van der Waals surface area contributed by atoms with E-state index in [1.165, 1.54) is 28.5 Å². The number of urea groups is 1. The molecule has 0 aromatic heterocycles. The van der Waals surface area contributed by atoms with Crippen LogP contribution < -0.4 is 21.3 Å². The lowest BCUT2D eigenvalue weighted by molar-refractivity contribution is -0.112. The fraction of sp³-hybridized carbons (Fsp3) is 0.440. The lowest BCUT2D eigenvalue weighted by Crippen LogP contribution is -2.45. The molecule has 0 fully saturated rings. The van der Waals surface area contributed by atoms with E-state index < -0.39 is 5.50 Å². The maximum atomic E-state index is 12.9. The Balaban J connectivity index is 1.83. The molecule has 0 radical (unpaired) electrons. The Morgan fingerprint density at radius 3 is 2.34 bits per heavy atom. The van der Waals surface area contributed by atoms with Crippen molar-refractivity contribution in [3.8, 4) is 0 Å². The molecule has 0 saturated heterocycles. The fourth-order valence-corrected chi connectivity index (χ4v) is 4.54. The van der Waals surface area contributed by atoms with E-state index in [1.807, 2.05) is 33.8 Å². The number of benzene rings is 1. The van der Waals surface area contributed by atoms with Crippen LogP contribution in [0, 0.1) is 20.8 Å². The molecule has 0 spiro atoms. The highest BCUT2D eigenvalue weighted by Gasteiger charge is 2.28. The van der Waals surface area contributed by atoms with E-state index in [0.717, 1.165) is 35.4 Å². The number of carbonyl (C=O) groups excluding carboxylic acids is 2. The van der Waals surface area contributed by atoms with Crippen LogP contribution in [-0.4, -0.2) is 24.0 Å². The van der Waals surface area contributed by atoms with Crippen LogP contribution in [0.3, 0.4) is 0 Å². The van der Waals surface area contributed by atoms with Crippen molar-refractivity contribution in [2.75, 3.05) is 11.9 Å². The molecule has 4 N–H and O–H groups in total. The number of rotatable bonds is 8. The second-order valence-corrected chi connectivity index (χ2v) is 9.66. The highest BCUT2D eigenvalue weighted by molar-refractivity contribution is 8.04. The van der Waals surface area contributed by atoms with Crippen LogP contribution in [-0.2, 0) is 4.79 Å². The number of thioether (sulfide) groups is 1. The van der Waals surface area contributed by atoms with Crippen molar-refractivity contribution in [2.45, 2.75) is 66.8 Å². The highest BCUT2D eigenvalue weighted by atomic mass is 32.2. The van der Waals surface area contributed by atoms with Crippen LogP contribution in [0.2, 0.25) is 0 Å². The first-order valence-corrected chi connectivity index (χ1v) is 11.8. The largest absolute Gasteiger partial charge is 0.359 e. The van der Waals surface area contributed by atoms with Crippen molar-refractivity contribution in [3.63, 3.8) is 0 Å². The second-order valence-electron chi connectivity index (χ2n) is 8.55.